The Morgan fingerprint density at radius 1 is 1.00 bits per heavy atom. The summed E-state index contributed by atoms with van der Waals surface area (Å²) in [4.78, 5) is 22.9. The van der Waals surface area contributed by atoms with Crippen LogP contribution in [0.1, 0.15) is 48.9 Å². The van der Waals surface area contributed by atoms with Gasteiger partial charge in [-0.15, -0.1) is 0 Å². The monoisotopic (exact) mass is 329 g/mol. The Balaban J connectivity index is 3.41. The lowest BCUT2D eigenvalue weighted by molar-refractivity contribution is -0.133. The number of nitriles is 1. The number of rotatable bonds is 6. The van der Waals surface area contributed by atoms with Crippen molar-refractivity contribution in [3.63, 3.8) is 0 Å². The van der Waals surface area contributed by atoms with Crippen molar-refractivity contribution in [1.82, 2.24) is 0 Å². The average Bonchev–Trinajstić information content (AvgIpc) is 2.48. The first-order chi connectivity index (χ1) is 11.2. The van der Waals surface area contributed by atoms with Crippen LogP contribution in [0.25, 0.3) is 0 Å². The molecule has 0 fully saturated rings. The number of allylic oxidation sites excluding steroid dienone is 1. The van der Waals surface area contributed by atoms with Gasteiger partial charge < -0.3 is 9.47 Å². The molecule has 0 aliphatic rings. The molecule has 0 amide bonds. The van der Waals surface area contributed by atoms with Gasteiger partial charge >= 0.3 is 11.9 Å². The van der Waals surface area contributed by atoms with Crippen LogP contribution in [-0.2, 0) is 16.0 Å². The maximum atomic E-state index is 11.5. The zero-order valence-corrected chi connectivity index (χ0v) is 14.9. The molecule has 1 aromatic rings. The average molecular weight is 329 g/mol. The van der Waals surface area contributed by atoms with Crippen molar-refractivity contribution in [2.45, 2.75) is 53.9 Å². The van der Waals surface area contributed by atoms with Gasteiger partial charge in [0, 0.05) is 19.4 Å². The number of nitrogens with zero attached hydrogens (tertiary/aromatic N) is 1. The molecule has 1 rings (SSSR count). The summed E-state index contributed by atoms with van der Waals surface area (Å²) in [5, 5.41) is 8.75. The van der Waals surface area contributed by atoms with Crippen LogP contribution >= 0.6 is 0 Å². The molecule has 0 saturated carbocycles. The Morgan fingerprint density at radius 3 is 2.00 bits per heavy atom. The van der Waals surface area contributed by atoms with Gasteiger partial charge in [0.25, 0.3) is 0 Å². The zero-order valence-electron chi connectivity index (χ0n) is 14.9. The fraction of sp³-hybridized carbons (Fsp3) is 0.421. The molecule has 0 atom stereocenters. The van der Waals surface area contributed by atoms with E-state index in [1.54, 1.807) is 0 Å². The first-order valence-electron chi connectivity index (χ1n) is 7.72. The zero-order chi connectivity index (χ0) is 18.4. The van der Waals surface area contributed by atoms with E-state index >= 15 is 0 Å². The predicted molar refractivity (Wildman–Crippen MR) is 91.0 cm³/mol. The minimum Gasteiger partial charge on any atom is -0.426 e. The second-order valence-corrected chi connectivity index (χ2v) is 5.78. The van der Waals surface area contributed by atoms with Gasteiger partial charge in [-0.05, 0) is 50.3 Å². The van der Waals surface area contributed by atoms with Crippen molar-refractivity contribution in [2.24, 2.45) is 0 Å². The third-order valence-electron chi connectivity index (χ3n) is 3.86. The van der Waals surface area contributed by atoms with Crippen LogP contribution in [0.3, 0.4) is 0 Å². The largest absolute Gasteiger partial charge is 0.426 e. The van der Waals surface area contributed by atoms with Crippen LogP contribution in [0.2, 0.25) is 0 Å². The lowest BCUT2D eigenvalue weighted by Gasteiger charge is -2.21. The Morgan fingerprint density at radius 2 is 1.50 bits per heavy atom. The highest BCUT2D eigenvalue weighted by atomic mass is 16.5. The number of esters is 2. The van der Waals surface area contributed by atoms with E-state index < -0.39 is 11.9 Å². The third-order valence-corrected chi connectivity index (χ3v) is 3.86. The molecule has 0 N–H and O–H groups in total. The second-order valence-electron chi connectivity index (χ2n) is 5.78. The molecule has 0 aliphatic heterocycles. The molecular formula is C19H23NO4. The highest BCUT2D eigenvalue weighted by Gasteiger charge is 2.21. The van der Waals surface area contributed by atoms with E-state index in [1.807, 2.05) is 20.8 Å². The van der Waals surface area contributed by atoms with Crippen LogP contribution in [0.15, 0.2) is 12.2 Å². The Labute approximate surface area is 142 Å². The van der Waals surface area contributed by atoms with Crippen LogP contribution in [-0.4, -0.2) is 11.9 Å². The van der Waals surface area contributed by atoms with Gasteiger partial charge in [0.15, 0.2) is 0 Å². The summed E-state index contributed by atoms with van der Waals surface area (Å²) in [5.41, 5.74) is 3.88. The fourth-order valence-corrected chi connectivity index (χ4v) is 2.54. The molecule has 0 radical (unpaired) electrons. The maximum absolute atomic E-state index is 11.5. The van der Waals surface area contributed by atoms with E-state index in [4.69, 9.17) is 14.7 Å². The third kappa shape index (κ3) is 4.69. The summed E-state index contributed by atoms with van der Waals surface area (Å²) in [6, 6.07) is 2.07. The van der Waals surface area contributed by atoms with Crippen molar-refractivity contribution in [2.75, 3.05) is 0 Å². The summed E-state index contributed by atoms with van der Waals surface area (Å²) < 4.78 is 10.8. The minimum atomic E-state index is -0.408. The number of carbonyl (C=O) groups is 2. The van der Waals surface area contributed by atoms with Crippen molar-refractivity contribution >= 4 is 11.9 Å². The maximum Gasteiger partial charge on any atom is 0.308 e. The van der Waals surface area contributed by atoms with Gasteiger partial charge in [0.2, 0.25) is 0 Å². The molecular weight excluding hydrogens is 306 g/mol. The second kappa shape index (κ2) is 8.30. The summed E-state index contributed by atoms with van der Waals surface area (Å²) in [6.07, 6.45) is 1.42. The number of hydrogen-bond acceptors (Lipinski definition) is 5. The molecule has 5 nitrogen and oxygen atoms in total. The van der Waals surface area contributed by atoms with Gasteiger partial charge in [0.1, 0.15) is 11.5 Å². The first kappa shape index (κ1) is 19.4. The van der Waals surface area contributed by atoms with Gasteiger partial charge in [0.05, 0.1) is 12.5 Å². The lowest BCUT2D eigenvalue weighted by atomic mass is 9.93. The first-order valence-corrected chi connectivity index (χ1v) is 7.72. The highest BCUT2D eigenvalue weighted by Crippen LogP contribution is 2.39. The van der Waals surface area contributed by atoms with E-state index in [1.165, 1.54) is 13.8 Å². The van der Waals surface area contributed by atoms with E-state index in [-0.39, 0.29) is 6.42 Å². The molecule has 5 heteroatoms. The SMILES string of the molecule is C=C(CC#N)CCc1c(C)c(OC(C)=O)c(C)c(C)c1OC(C)=O. The molecule has 0 heterocycles. The van der Waals surface area contributed by atoms with Gasteiger partial charge in [-0.3, -0.25) is 9.59 Å². The smallest absolute Gasteiger partial charge is 0.308 e. The number of carbonyl (C=O) groups excluding carboxylic acids is 2. The highest BCUT2D eigenvalue weighted by molar-refractivity contribution is 5.74. The Kier molecular flexibility index (Phi) is 6.72. The summed E-state index contributed by atoms with van der Waals surface area (Å²) >= 11 is 0. The van der Waals surface area contributed by atoms with Gasteiger partial charge in [-0.1, -0.05) is 12.2 Å². The predicted octanol–water partition coefficient (Wildman–Crippen LogP) is 3.86. The quantitative estimate of drug-likeness (QED) is 0.450. The Bertz CT molecular complexity index is 726. The lowest BCUT2D eigenvalue weighted by Crippen LogP contribution is -2.12. The van der Waals surface area contributed by atoms with E-state index in [0.29, 0.717) is 24.3 Å². The van der Waals surface area contributed by atoms with Crippen molar-refractivity contribution < 1.29 is 19.1 Å². The summed E-state index contributed by atoms with van der Waals surface area (Å²) in [5.74, 6) is 0.185. The van der Waals surface area contributed by atoms with Crippen LogP contribution in [0, 0.1) is 32.1 Å². The molecule has 0 aromatic heterocycles. The standard InChI is InChI=1S/C19H23NO4/c1-11(9-10-20)7-8-17-14(4)18(23-15(5)21)12(2)13(3)19(17)24-16(6)22/h1,7-9H2,2-6H3. The van der Waals surface area contributed by atoms with Crippen molar-refractivity contribution in [3.05, 3.63) is 34.4 Å². The molecule has 0 bridgehead atoms. The molecule has 0 unspecified atom stereocenters. The van der Waals surface area contributed by atoms with E-state index in [0.717, 1.165) is 27.8 Å². The number of benzene rings is 1. The molecule has 0 aliphatic carbocycles. The van der Waals surface area contributed by atoms with Crippen LogP contribution in [0.4, 0.5) is 0 Å². The summed E-state index contributed by atoms with van der Waals surface area (Å²) in [7, 11) is 0. The van der Waals surface area contributed by atoms with Crippen LogP contribution < -0.4 is 9.47 Å². The fourth-order valence-electron chi connectivity index (χ4n) is 2.54. The molecule has 24 heavy (non-hydrogen) atoms. The Hall–Kier alpha value is -2.61. The topological polar surface area (TPSA) is 76.4 Å². The van der Waals surface area contributed by atoms with E-state index in [9.17, 15) is 9.59 Å². The van der Waals surface area contributed by atoms with Crippen molar-refractivity contribution in [3.8, 4) is 17.6 Å². The molecule has 128 valence electrons. The number of ether oxygens (including phenoxy) is 2. The number of hydrogen-bond donors (Lipinski definition) is 0. The molecule has 0 spiro atoms. The molecule has 0 saturated heterocycles. The van der Waals surface area contributed by atoms with Gasteiger partial charge in [-0.25, -0.2) is 0 Å². The molecule has 1 aromatic carbocycles. The van der Waals surface area contributed by atoms with Gasteiger partial charge in [-0.2, -0.15) is 5.26 Å². The van der Waals surface area contributed by atoms with Crippen molar-refractivity contribution in [1.29, 1.82) is 5.26 Å². The van der Waals surface area contributed by atoms with E-state index in [2.05, 4.69) is 12.6 Å². The summed E-state index contributed by atoms with van der Waals surface area (Å²) in [6.45, 7) is 12.1. The van der Waals surface area contributed by atoms with Crippen LogP contribution in [0.5, 0.6) is 11.5 Å². The minimum absolute atomic E-state index is 0.281. The normalized spacial score (nSPS) is 10.0.